The topological polar surface area (TPSA) is 88.2 Å². The summed E-state index contributed by atoms with van der Waals surface area (Å²) in [7, 11) is -3.12. The number of sulfone groups is 1. The average Bonchev–Trinajstić information content (AvgIpc) is 2.34. The van der Waals surface area contributed by atoms with Crippen molar-refractivity contribution < 1.29 is 13.2 Å². The Hall–Kier alpha value is -1.63. The lowest BCUT2D eigenvalue weighted by Crippen LogP contribution is -2.37. The third-order valence-electron chi connectivity index (χ3n) is 2.56. The minimum Gasteiger partial charge on any atom is -0.383 e. The molecule has 0 spiro atoms. The van der Waals surface area contributed by atoms with Gasteiger partial charge in [-0.15, -0.1) is 0 Å². The first-order valence-electron chi connectivity index (χ1n) is 6.50. The van der Waals surface area contributed by atoms with E-state index in [1.54, 1.807) is 19.2 Å². The maximum absolute atomic E-state index is 12.2. The van der Waals surface area contributed by atoms with Crippen LogP contribution in [-0.4, -0.2) is 43.9 Å². The second-order valence-corrected chi connectivity index (χ2v) is 7.00. The number of aromatic nitrogens is 1. The summed E-state index contributed by atoms with van der Waals surface area (Å²) < 4.78 is 22.4. The highest BCUT2D eigenvalue weighted by atomic mass is 32.2. The van der Waals surface area contributed by atoms with Crippen LogP contribution in [0.5, 0.6) is 0 Å². The van der Waals surface area contributed by atoms with Crippen molar-refractivity contribution in [2.75, 3.05) is 23.9 Å². The summed E-state index contributed by atoms with van der Waals surface area (Å²) in [6.45, 7) is 4.43. The Morgan fingerprint density at radius 1 is 1.45 bits per heavy atom. The fraction of sp³-hybridized carbons (Fsp3) is 0.538. The van der Waals surface area contributed by atoms with Crippen LogP contribution in [0.2, 0.25) is 0 Å². The van der Waals surface area contributed by atoms with Crippen molar-refractivity contribution in [1.29, 1.82) is 0 Å². The van der Waals surface area contributed by atoms with E-state index in [0.29, 0.717) is 11.3 Å². The largest absolute Gasteiger partial charge is 0.383 e. The van der Waals surface area contributed by atoms with E-state index < -0.39 is 15.9 Å². The van der Waals surface area contributed by atoms with E-state index in [1.165, 1.54) is 6.20 Å². The zero-order chi connectivity index (χ0) is 15.2. The summed E-state index contributed by atoms with van der Waals surface area (Å²) in [5.74, 6) is -0.385. The molecule has 0 aliphatic rings. The molecule has 0 fully saturated rings. The third kappa shape index (κ3) is 5.56. The first kappa shape index (κ1) is 16.4. The van der Waals surface area contributed by atoms with Gasteiger partial charge in [-0.05, 0) is 19.4 Å². The molecule has 2 N–H and O–H groups in total. The number of hydrogen-bond acceptors (Lipinski definition) is 5. The van der Waals surface area contributed by atoms with Gasteiger partial charge in [-0.25, -0.2) is 8.42 Å². The van der Waals surface area contributed by atoms with Crippen LogP contribution in [0.25, 0.3) is 0 Å². The van der Waals surface area contributed by atoms with Crippen molar-refractivity contribution in [2.24, 2.45) is 0 Å². The molecule has 0 aliphatic carbocycles. The smallest absolute Gasteiger partial charge is 0.253 e. The molecule has 7 heteroatoms. The van der Waals surface area contributed by atoms with Gasteiger partial charge in [0.2, 0.25) is 0 Å². The summed E-state index contributed by atoms with van der Waals surface area (Å²) in [5, 5.41) is 5.81. The Morgan fingerprint density at radius 3 is 2.75 bits per heavy atom. The molecule has 1 amide bonds. The van der Waals surface area contributed by atoms with E-state index >= 15 is 0 Å². The van der Waals surface area contributed by atoms with Crippen molar-refractivity contribution in [3.05, 3.63) is 24.0 Å². The van der Waals surface area contributed by atoms with Gasteiger partial charge in [-0.1, -0.05) is 6.92 Å². The lowest BCUT2D eigenvalue weighted by atomic mass is 10.2. The molecule has 1 atom stereocenters. The van der Waals surface area contributed by atoms with Crippen LogP contribution < -0.4 is 10.6 Å². The Bertz CT molecular complexity index is 558. The SMILES string of the molecule is CCCNc1cnccc1C(=O)NC(C)CS(C)(=O)=O. The average molecular weight is 299 g/mol. The van der Waals surface area contributed by atoms with E-state index in [4.69, 9.17) is 0 Å². The molecule has 1 aromatic heterocycles. The molecule has 112 valence electrons. The summed E-state index contributed by atoms with van der Waals surface area (Å²) in [6, 6.07) is 1.17. The van der Waals surface area contributed by atoms with Gasteiger partial charge in [0.15, 0.2) is 0 Å². The van der Waals surface area contributed by atoms with Crippen LogP contribution >= 0.6 is 0 Å². The Morgan fingerprint density at radius 2 is 2.15 bits per heavy atom. The molecule has 0 saturated heterocycles. The molecule has 0 aromatic carbocycles. The highest BCUT2D eigenvalue weighted by Crippen LogP contribution is 2.13. The summed E-state index contributed by atoms with van der Waals surface area (Å²) in [5.41, 5.74) is 1.12. The van der Waals surface area contributed by atoms with Gasteiger partial charge >= 0.3 is 0 Å². The molecular formula is C13H21N3O3S. The number of rotatable bonds is 7. The lowest BCUT2D eigenvalue weighted by molar-refractivity contribution is 0.0944. The summed E-state index contributed by atoms with van der Waals surface area (Å²) in [4.78, 5) is 16.1. The van der Waals surface area contributed by atoms with Crippen molar-refractivity contribution >= 4 is 21.4 Å². The zero-order valence-electron chi connectivity index (χ0n) is 12.0. The fourth-order valence-electron chi connectivity index (χ4n) is 1.79. The molecule has 1 heterocycles. The molecule has 1 rings (SSSR count). The van der Waals surface area contributed by atoms with Crippen LogP contribution in [0.3, 0.4) is 0 Å². The van der Waals surface area contributed by atoms with Crippen molar-refractivity contribution in [3.63, 3.8) is 0 Å². The van der Waals surface area contributed by atoms with E-state index in [9.17, 15) is 13.2 Å². The van der Waals surface area contributed by atoms with Gasteiger partial charge in [-0.2, -0.15) is 0 Å². The number of anilines is 1. The molecule has 6 nitrogen and oxygen atoms in total. The number of hydrogen-bond donors (Lipinski definition) is 2. The van der Waals surface area contributed by atoms with E-state index in [-0.39, 0.29) is 11.7 Å². The number of nitrogens with zero attached hydrogens (tertiary/aromatic N) is 1. The molecule has 20 heavy (non-hydrogen) atoms. The fourth-order valence-corrected chi connectivity index (χ4v) is 2.78. The van der Waals surface area contributed by atoms with E-state index in [0.717, 1.165) is 19.2 Å². The van der Waals surface area contributed by atoms with E-state index in [1.807, 2.05) is 6.92 Å². The standard InChI is InChI=1S/C13H21N3O3S/c1-4-6-15-12-8-14-7-5-11(12)13(17)16-10(2)9-20(3,18)19/h5,7-8,10,15H,4,6,9H2,1-3H3,(H,16,17). The Balaban J connectivity index is 2.77. The number of carbonyl (C=O) groups excluding carboxylic acids is 1. The van der Waals surface area contributed by atoms with Crippen LogP contribution in [0.4, 0.5) is 5.69 Å². The number of pyridine rings is 1. The van der Waals surface area contributed by atoms with Crippen LogP contribution in [0.15, 0.2) is 18.5 Å². The second-order valence-electron chi connectivity index (χ2n) is 4.81. The maximum Gasteiger partial charge on any atom is 0.253 e. The molecule has 0 saturated carbocycles. The highest BCUT2D eigenvalue weighted by Gasteiger charge is 2.16. The summed E-state index contributed by atoms with van der Waals surface area (Å²) >= 11 is 0. The normalized spacial score (nSPS) is 12.8. The predicted octanol–water partition coefficient (Wildman–Crippen LogP) is 1.07. The molecule has 1 unspecified atom stereocenters. The van der Waals surface area contributed by atoms with E-state index in [2.05, 4.69) is 15.6 Å². The minimum absolute atomic E-state index is 0.0818. The monoisotopic (exact) mass is 299 g/mol. The first-order chi connectivity index (χ1) is 9.33. The van der Waals surface area contributed by atoms with Gasteiger partial charge in [0, 0.05) is 25.0 Å². The highest BCUT2D eigenvalue weighted by molar-refractivity contribution is 7.90. The van der Waals surface area contributed by atoms with Gasteiger partial charge in [0.1, 0.15) is 9.84 Å². The molecule has 0 aliphatic heterocycles. The molecule has 1 aromatic rings. The number of carbonyl (C=O) groups is 1. The predicted molar refractivity (Wildman–Crippen MR) is 79.7 cm³/mol. The second kappa shape index (κ2) is 7.23. The third-order valence-corrected chi connectivity index (χ3v) is 3.67. The van der Waals surface area contributed by atoms with Crippen LogP contribution in [-0.2, 0) is 9.84 Å². The van der Waals surface area contributed by atoms with Crippen LogP contribution in [0.1, 0.15) is 30.6 Å². The Kier molecular flexibility index (Phi) is 5.94. The number of amides is 1. The van der Waals surface area contributed by atoms with Gasteiger partial charge in [-0.3, -0.25) is 9.78 Å². The minimum atomic E-state index is -3.12. The molecule has 0 radical (unpaired) electrons. The number of nitrogens with one attached hydrogen (secondary N) is 2. The zero-order valence-corrected chi connectivity index (χ0v) is 12.8. The first-order valence-corrected chi connectivity index (χ1v) is 8.56. The summed E-state index contributed by atoms with van der Waals surface area (Å²) in [6.07, 6.45) is 5.20. The van der Waals surface area contributed by atoms with Crippen molar-refractivity contribution in [2.45, 2.75) is 26.3 Å². The van der Waals surface area contributed by atoms with Crippen molar-refractivity contribution in [1.82, 2.24) is 10.3 Å². The van der Waals surface area contributed by atoms with Crippen LogP contribution in [0, 0.1) is 0 Å². The van der Waals surface area contributed by atoms with Gasteiger partial charge < -0.3 is 10.6 Å². The van der Waals surface area contributed by atoms with Gasteiger partial charge in [0.25, 0.3) is 5.91 Å². The van der Waals surface area contributed by atoms with Crippen molar-refractivity contribution in [3.8, 4) is 0 Å². The quantitative estimate of drug-likeness (QED) is 0.786. The maximum atomic E-state index is 12.2. The molecule has 0 bridgehead atoms. The Labute approximate surface area is 119 Å². The molecular weight excluding hydrogens is 278 g/mol. The van der Waals surface area contributed by atoms with Gasteiger partial charge in [0.05, 0.1) is 23.2 Å². The lowest BCUT2D eigenvalue weighted by Gasteiger charge is -2.15.